The number of fused-ring (bicyclic) bond motifs is 3. The van der Waals surface area contributed by atoms with Crippen LogP contribution in [-0.4, -0.2) is 62.0 Å². The maximum Gasteiger partial charge on any atom is 0.321 e. The lowest BCUT2D eigenvalue weighted by Crippen LogP contribution is -2.50. The molecule has 0 N–H and O–H groups in total. The number of para-hydroxylation sites is 2. The number of methoxy groups -OCH3 is 2. The zero-order valence-electron chi connectivity index (χ0n) is 22.8. The highest BCUT2D eigenvalue weighted by atomic mass is 16.5. The van der Waals surface area contributed by atoms with Crippen LogP contribution in [0.3, 0.4) is 0 Å². The topological polar surface area (TPSA) is 92.1 Å². The first-order valence-corrected chi connectivity index (χ1v) is 13.2. The highest BCUT2D eigenvalue weighted by Crippen LogP contribution is 2.43. The van der Waals surface area contributed by atoms with Crippen LogP contribution in [0.15, 0.2) is 42.5 Å². The van der Waals surface area contributed by atoms with E-state index in [2.05, 4.69) is 13.8 Å². The summed E-state index contributed by atoms with van der Waals surface area (Å²) in [5.41, 5.74) is 2.29. The summed E-state index contributed by atoms with van der Waals surface area (Å²) in [4.78, 5) is 33.7. The van der Waals surface area contributed by atoms with E-state index in [0.29, 0.717) is 49.5 Å². The Hall–Kier alpha value is -3.59. The lowest BCUT2D eigenvalue weighted by Gasteiger charge is -2.38. The summed E-state index contributed by atoms with van der Waals surface area (Å²) in [7, 11) is 3.20. The fourth-order valence-electron chi connectivity index (χ4n) is 4.82. The van der Waals surface area contributed by atoms with Gasteiger partial charge in [-0.1, -0.05) is 32.0 Å². The van der Waals surface area contributed by atoms with Crippen molar-refractivity contribution in [2.75, 3.05) is 45.5 Å². The molecule has 0 bridgehead atoms. The number of esters is 1. The molecule has 2 atom stereocenters. The first-order chi connectivity index (χ1) is 18.4. The third-order valence-electron chi connectivity index (χ3n) is 6.70. The molecular formula is C29H37N3O6. The second-order valence-corrected chi connectivity index (χ2v) is 9.72. The molecule has 0 radical (unpaired) electrons. The highest BCUT2D eigenvalue weighted by Gasteiger charge is 2.47. The smallest absolute Gasteiger partial charge is 0.321 e. The Balaban J connectivity index is 1.85. The summed E-state index contributed by atoms with van der Waals surface area (Å²) in [6.07, 6.45) is 1.51. The summed E-state index contributed by atoms with van der Waals surface area (Å²) in [5.74, 6) is 0.147. The minimum atomic E-state index is -1.10. The van der Waals surface area contributed by atoms with Crippen LogP contribution in [0.4, 0.5) is 5.95 Å². The first-order valence-electron chi connectivity index (χ1n) is 13.2. The quantitative estimate of drug-likeness (QED) is 0.194. The Morgan fingerprint density at radius 1 is 1.08 bits per heavy atom. The number of amides is 1. The second kappa shape index (κ2) is 12.3. The van der Waals surface area contributed by atoms with E-state index < -0.39 is 17.9 Å². The Kier molecular flexibility index (Phi) is 8.89. The van der Waals surface area contributed by atoms with Gasteiger partial charge in [0.05, 0.1) is 37.4 Å². The average molecular weight is 524 g/mol. The lowest BCUT2D eigenvalue weighted by atomic mass is 9.89. The number of hydrogen-bond acceptors (Lipinski definition) is 7. The Labute approximate surface area is 223 Å². The van der Waals surface area contributed by atoms with E-state index in [-0.39, 0.29) is 12.5 Å². The molecule has 38 heavy (non-hydrogen) atoms. The number of carbonyl (C=O) groups excluding carboxylic acids is 2. The molecule has 0 spiro atoms. The number of carbonyl (C=O) groups is 2. The van der Waals surface area contributed by atoms with Gasteiger partial charge in [-0.25, -0.2) is 4.98 Å². The van der Waals surface area contributed by atoms with Crippen molar-refractivity contribution in [1.82, 2.24) is 9.55 Å². The summed E-state index contributed by atoms with van der Waals surface area (Å²) in [5, 5.41) is 0. The summed E-state index contributed by atoms with van der Waals surface area (Å²) in [6.45, 7) is 7.60. The maximum atomic E-state index is 14.0. The van der Waals surface area contributed by atoms with E-state index >= 15 is 0 Å². The predicted molar refractivity (Wildman–Crippen MR) is 145 cm³/mol. The molecule has 2 aromatic carbocycles. The zero-order valence-corrected chi connectivity index (χ0v) is 22.8. The number of ether oxygens (including phenoxy) is 4. The molecule has 1 aromatic heterocycles. The van der Waals surface area contributed by atoms with Crippen LogP contribution in [0.5, 0.6) is 11.5 Å². The average Bonchev–Trinajstić information content (AvgIpc) is 3.28. The van der Waals surface area contributed by atoms with Crippen molar-refractivity contribution < 1.29 is 28.5 Å². The predicted octanol–water partition coefficient (Wildman–Crippen LogP) is 4.62. The Morgan fingerprint density at radius 2 is 1.87 bits per heavy atom. The van der Waals surface area contributed by atoms with E-state index in [4.69, 9.17) is 23.9 Å². The van der Waals surface area contributed by atoms with Crippen molar-refractivity contribution in [1.29, 1.82) is 0 Å². The molecule has 0 fully saturated rings. The van der Waals surface area contributed by atoms with Crippen molar-refractivity contribution in [3.8, 4) is 11.5 Å². The molecule has 2 heterocycles. The van der Waals surface area contributed by atoms with Crippen molar-refractivity contribution in [3.05, 3.63) is 48.0 Å². The summed E-state index contributed by atoms with van der Waals surface area (Å²) >= 11 is 0. The standard InChI is InChI=1S/C29H37N3O6/c1-6-37-28(34)25-26(20-12-13-23(24(18-20)36-5)38-17-14-19(2)3)32-22-11-8-7-10-21(22)30-29(32)31(27(25)33)15-9-16-35-4/h7-8,10-13,18-19,25-26H,6,9,14-17H2,1-5H3/t25-,26+/m1/s1. The van der Waals surface area contributed by atoms with Crippen molar-refractivity contribution in [2.24, 2.45) is 11.8 Å². The highest BCUT2D eigenvalue weighted by molar-refractivity contribution is 6.08. The normalized spacial score (nSPS) is 17.1. The third-order valence-corrected chi connectivity index (χ3v) is 6.70. The minimum Gasteiger partial charge on any atom is -0.493 e. The molecule has 1 aliphatic rings. The minimum absolute atomic E-state index is 0.169. The molecule has 0 aliphatic carbocycles. The molecule has 204 valence electrons. The van der Waals surface area contributed by atoms with E-state index in [1.165, 1.54) is 0 Å². The summed E-state index contributed by atoms with van der Waals surface area (Å²) < 4.78 is 24.3. The van der Waals surface area contributed by atoms with Crippen LogP contribution in [0.1, 0.15) is 45.2 Å². The third kappa shape index (κ3) is 5.48. The van der Waals surface area contributed by atoms with Gasteiger partial charge in [-0.3, -0.25) is 14.5 Å². The fourth-order valence-corrected chi connectivity index (χ4v) is 4.82. The van der Waals surface area contributed by atoms with Gasteiger partial charge < -0.3 is 23.5 Å². The van der Waals surface area contributed by atoms with E-state index in [0.717, 1.165) is 23.0 Å². The summed E-state index contributed by atoms with van der Waals surface area (Å²) in [6, 6.07) is 12.6. The van der Waals surface area contributed by atoms with Gasteiger partial charge in [0, 0.05) is 20.3 Å². The molecule has 0 saturated heterocycles. The first kappa shape index (κ1) is 27.4. The van der Waals surface area contributed by atoms with Crippen LogP contribution in [-0.2, 0) is 19.1 Å². The number of anilines is 1. The van der Waals surface area contributed by atoms with Gasteiger partial charge in [0.25, 0.3) is 0 Å². The van der Waals surface area contributed by atoms with Crippen LogP contribution in [0, 0.1) is 11.8 Å². The van der Waals surface area contributed by atoms with Gasteiger partial charge in [0.1, 0.15) is 0 Å². The maximum absolute atomic E-state index is 14.0. The second-order valence-electron chi connectivity index (χ2n) is 9.72. The van der Waals surface area contributed by atoms with Crippen molar-refractivity contribution in [3.63, 3.8) is 0 Å². The van der Waals surface area contributed by atoms with E-state index in [1.807, 2.05) is 47.0 Å². The number of rotatable bonds is 12. The van der Waals surface area contributed by atoms with E-state index in [9.17, 15) is 9.59 Å². The molecule has 3 aromatic rings. The van der Waals surface area contributed by atoms with E-state index in [1.54, 1.807) is 26.0 Å². The number of nitrogens with zero attached hydrogens (tertiary/aromatic N) is 3. The van der Waals surface area contributed by atoms with Crippen LogP contribution in [0.2, 0.25) is 0 Å². The van der Waals surface area contributed by atoms with Crippen LogP contribution < -0.4 is 14.4 Å². The Bertz CT molecular complexity index is 1270. The molecule has 1 amide bonds. The van der Waals surface area contributed by atoms with Gasteiger partial charge >= 0.3 is 5.97 Å². The van der Waals surface area contributed by atoms with Crippen LogP contribution >= 0.6 is 0 Å². The van der Waals surface area contributed by atoms with Gasteiger partial charge in [0.2, 0.25) is 11.9 Å². The Morgan fingerprint density at radius 3 is 2.58 bits per heavy atom. The largest absolute Gasteiger partial charge is 0.493 e. The van der Waals surface area contributed by atoms with Gasteiger partial charge in [0.15, 0.2) is 17.4 Å². The molecular weight excluding hydrogens is 486 g/mol. The molecule has 0 unspecified atom stereocenters. The fraction of sp³-hybridized carbons (Fsp3) is 0.483. The molecule has 1 aliphatic heterocycles. The number of imidazole rings is 1. The van der Waals surface area contributed by atoms with Crippen molar-refractivity contribution in [2.45, 2.75) is 39.7 Å². The zero-order chi connectivity index (χ0) is 27.2. The molecule has 0 saturated carbocycles. The number of aromatic nitrogens is 2. The number of hydrogen-bond donors (Lipinski definition) is 0. The lowest BCUT2D eigenvalue weighted by molar-refractivity contribution is -0.153. The van der Waals surface area contributed by atoms with Crippen LogP contribution in [0.25, 0.3) is 11.0 Å². The SMILES string of the molecule is CCOC(=O)[C@H]1C(=O)N(CCCOC)c2nc3ccccc3n2[C@H]1c1ccc(OCCC(C)C)c(OC)c1. The molecule has 9 nitrogen and oxygen atoms in total. The molecule has 9 heteroatoms. The van der Waals surface area contributed by atoms with Crippen molar-refractivity contribution >= 4 is 28.9 Å². The number of benzene rings is 2. The monoisotopic (exact) mass is 523 g/mol. The molecule has 4 rings (SSSR count). The van der Waals surface area contributed by atoms with Gasteiger partial charge in [-0.15, -0.1) is 0 Å². The van der Waals surface area contributed by atoms with Gasteiger partial charge in [-0.05, 0) is 55.5 Å². The van der Waals surface area contributed by atoms with Gasteiger partial charge in [-0.2, -0.15) is 0 Å².